The number of hydrogen-bond acceptors (Lipinski definition) is 1. The first-order valence-corrected chi connectivity index (χ1v) is 4.47. The lowest BCUT2D eigenvalue weighted by atomic mass is 10.0. The van der Waals surface area contributed by atoms with Crippen LogP contribution in [-0.2, 0) is 6.42 Å². The van der Waals surface area contributed by atoms with Crippen LogP contribution in [0.1, 0.15) is 25.0 Å². The van der Waals surface area contributed by atoms with E-state index in [2.05, 4.69) is 38.2 Å². The monoisotopic (exact) mass is 165 g/mol. The summed E-state index contributed by atoms with van der Waals surface area (Å²) in [6, 6.07) is 4.44. The van der Waals surface area contributed by atoms with Crippen molar-refractivity contribution >= 4 is 5.69 Å². The van der Waals surface area contributed by atoms with Gasteiger partial charge in [0.05, 0.1) is 0 Å². The first kappa shape index (κ1) is 9.11. The van der Waals surface area contributed by atoms with Crippen molar-refractivity contribution in [1.29, 1.82) is 0 Å². The molecule has 0 aromatic heterocycles. The molecular weight excluding hydrogens is 146 g/mol. The second kappa shape index (κ2) is 3.61. The van der Waals surface area contributed by atoms with Crippen molar-refractivity contribution in [3.8, 4) is 0 Å². The van der Waals surface area contributed by atoms with Crippen LogP contribution in [0.3, 0.4) is 0 Å². The number of anilines is 1. The third kappa shape index (κ3) is 1.60. The molecular formula is C11H19N. The number of benzene rings is 1. The Morgan fingerprint density at radius 1 is 1.33 bits per heavy atom. The van der Waals surface area contributed by atoms with Crippen molar-refractivity contribution in [3.63, 3.8) is 0 Å². The zero-order valence-corrected chi connectivity index (χ0v) is 8.36. The van der Waals surface area contributed by atoms with Crippen LogP contribution < -0.4 is 5.32 Å². The maximum Gasteiger partial charge on any atom is 0.0375 e. The van der Waals surface area contributed by atoms with Gasteiger partial charge in [-0.25, -0.2) is 0 Å². The van der Waals surface area contributed by atoms with Crippen LogP contribution in [0.4, 0.5) is 5.69 Å². The summed E-state index contributed by atoms with van der Waals surface area (Å²) < 4.78 is 0. The van der Waals surface area contributed by atoms with Gasteiger partial charge in [0.15, 0.2) is 0 Å². The van der Waals surface area contributed by atoms with Crippen LogP contribution in [0.2, 0.25) is 0 Å². The van der Waals surface area contributed by atoms with Crippen molar-refractivity contribution in [2.45, 2.75) is 27.2 Å². The largest absolute Gasteiger partial charge is 0.388 e. The van der Waals surface area contributed by atoms with Crippen LogP contribution in [0.15, 0.2) is 12.1 Å². The third-order valence-corrected chi connectivity index (χ3v) is 2.24. The molecule has 0 fully saturated rings. The smallest absolute Gasteiger partial charge is 0.0375 e. The van der Waals surface area contributed by atoms with Gasteiger partial charge in [-0.2, -0.15) is 0 Å². The van der Waals surface area contributed by atoms with Crippen LogP contribution in [0, 0.1) is 13.8 Å². The van der Waals surface area contributed by atoms with Gasteiger partial charge in [-0.05, 0) is 43.0 Å². The van der Waals surface area contributed by atoms with E-state index in [9.17, 15) is 0 Å². The summed E-state index contributed by atoms with van der Waals surface area (Å²) >= 11 is 0. The second-order valence-corrected chi connectivity index (χ2v) is 3.21. The Hall–Kier alpha value is -0.980. The molecule has 1 rings (SSSR count). The van der Waals surface area contributed by atoms with Gasteiger partial charge >= 0.3 is 0 Å². The highest BCUT2D eigenvalue weighted by Gasteiger charge is 2.02. The molecule has 0 aliphatic rings. The fourth-order valence-corrected chi connectivity index (χ4v) is 1.69. The lowest BCUT2D eigenvalue weighted by molar-refractivity contribution is 1.10. The lowest BCUT2D eigenvalue weighted by Gasteiger charge is -2.11. The average molecular weight is 165 g/mol. The molecule has 1 N–H and O–H groups in total. The Balaban J connectivity index is 0.00000144. The minimum atomic E-state index is 0. The minimum Gasteiger partial charge on any atom is -0.388 e. The maximum absolute atomic E-state index is 3.23. The standard InChI is InChI=1S/C11H17N.H2/c1-5-10-9(3)6-8(2)7-11(10)12-4;/h6-7,12H,5H2,1-4H3;1H. The SMILES string of the molecule is CCc1c(C)cc(C)cc1NC.[HH]. The van der Waals surface area contributed by atoms with Crippen molar-refractivity contribution in [1.82, 2.24) is 0 Å². The molecule has 68 valence electrons. The van der Waals surface area contributed by atoms with E-state index in [-0.39, 0.29) is 1.43 Å². The molecule has 1 aromatic rings. The summed E-state index contributed by atoms with van der Waals surface area (Å²) in [5.74, 6) is 0. The summed E-state index contributed by atoms with van der Waals surface area (Å²) in [4.78, 5) is 0. The highest BCUT2D eigenvalue weighted by molar-refractivity contribution is 5.56. The van der Waals surface area contributed by atoms with Gasteiger partial charge in [0.25, 0.3) is 0 Å². The Bertz CT molecular complexity index is 282. The van der Waals surface area contributed by atoms with Gasteiger partial charge in [0, 0.05) is 14.2 Å². The predicted octanol–water partition coefficient (Wildman–Crippen LogP) is 3.15. The van der Waals surface area contributed by atoms with E-state index in [4.69, 9.17) is 0 Å². The van der Waals surface area contributed by atoms with Crippen LogP contribution in [0.25, 0.3) is 0 Å². The third-order valence-electron chi connectivity index (χ3n) is 2.24. The molecule has 0 spiro atoms. The Morgan fingerprint density at radius 3 is 2.50 bits per heavy atom. The highest BCUT2D eigenvalue weighted by Crippen LogP contribution is 2.21. The summed E-state index contributed by atoms with van der Waals surface area (Å²) in [6.07, 6.45) is 1.10. The van der Waals surface area contributed by atoms with E-state index in [0.717, 1.165) is 6.42 Å². The molecule has 0 amide bonds. The van der Waals surface area contributed by atoms with E-state index in [0.29, 0.717) is 0 Å². The summed E-state index contributed by atoms with van der Waals surface area (Å²) in [6.45, 7) is 6.50. The predicted molar refractivity (Wildman–Crippen MR) is 57.0 cm³/mol. The molecule has 0 aliphatic heterocycles. The normalized spacial score (nSPS) is 10.0. The van der Waals surface area contributed by atoms with E-state index < -0.39 is 0 Å². The molecule has 0 aliphatic carbocycles. The van der Waals surface area contributed by atoms with Crippen molar-refractivity contribution in [2.24, 2.45) is 0 Å². The number of nitrogens with one attached hydrogen (secondary N) is 1. The van der Waals surface area contributed by atoms with E-state index in [1.165, 1.54) is 22.4 Å². The minimum absolute atomic E-state index is 0. The molecule has 0 unspecified atom stereocenters. The fraction of sp³-hybridized carbons (Fsp3) is 0.455. The van der Waals surface area contributed by atoms with Crippen LogP contribution in [0.5, 0.6) is 0 Å². The molecule has 1 heteroatoms. The quantitative estimate of drug-likeness (QED) is 0.709. The highest BCUT2D eigenvalue weighted by atomic mass is 14.8. The molecule has 0 heterocycles. The topological polar surface area (TPSA) is 12.0 Å². The molecule has 0 atom stereocenters. The molecule has 0 saturated carbocycles. The molecule has 0 saturated heterocycles. The summed E-state index contributed by atoms with van der Waals surface area (Å²) in [5, 5.41) is 3.23. The zero-order valence-electron chi connectivity index (χ0n) is 8.36. The van der Waals surface area contributed by atoms with E-state index in [1.54, 1.807) is 0 Å². The molecule has 0 bridgehead atoms. The first-order chi connectivity index (χ1) is 5.69. The van der Waals surface area contributed by atoms with Gasteiger partial charge in [-0.1, -0.05) is 13.0 Å². The average Bonchev–Trinajstić information content (AvgIpc) is 2.03. The molecule has 1 nitrogen and oxygen atoms in total. The van der Waals surface area contributed by atoms with Crippen molar-refractivity contribution < 1.29 is 1.43 Å². The van der Waals surface area contributed by atoms with Crippen molar-refractivity contribution in [3.05, 3.63) is 28.8 Å². The Kier molecular flexibility index (Phi) is 2.74. The number of aryl methyl sites for hydroxylation is 2. The molecule has 0 radical (unpaired) electrons. The lowest BCUT2D eigenvalue weighted by Crippen LogP contribution is -1.97. The maximum atomic E-state index is 3.23. The fourth-order valence-electron chi connectivity index (χ4n) is 1.69. The van der Waals surface area contributed by atoms with Gasteiger partial charge in [-0.15, -0.1) is 0 Å². The number of hydrogen-bond donors (Lipinski definition) is 1. The van der Waals surface area contributed by atoms with Gasteiger partial charge < -0.3 is 5.32 Å². The Labute approximate surface area is 76.3 Å². The molecule has 12 heavy (non-hydrogen) atoms. The van der Waals surface area contributed by atoms with E-state index in [1.807, 2.05) is 7.05 Å². The van der Waals surface area contributed by atoms with E-state index >= 15 is 0 Å². The second-order valence-electron chi connectivity index (χ2n) is 3.21. The van der Waals surface area contributed by atoms with Gasteiger partial charge in [0.1, 0.15) is 0 Å². The zero-order chi connectivity index (χ0) is 9.14. The van der Waals surface area contributed by atoms with Crippen molar-refractivity contribution in [2.75, 3.05) is 12.4 Å². The first-order valence-electron chi connectivity index (χ1n) is 4.47. The van der Waals surface area contributed by atoms with Crippen LogP contribution in [-0.4, -0.2) is 7.05 Å². The van der Waals surface area contributed by atoms with Gasteiger partial charge in [0.2, 0.25) is 0 Å². The molecule has 1 aromatic carbocycles. The van der Waals surface area contributed by atoms with Gasteiger partial charge in [-0.3, -0.25) is 0 Å². The summed E-state index contributed by atoms with van der Waals surface area (Å²) in [7, 11) is 1.98. The van der Waals surface area contributed by atoms with Crippen LogP contribution >= 0.6 is 0 Å². The Morgan fingerprint density at radius 2 is 2.00 bits per heavy atom. The number of rotatable bonds is 2. The summed E-state index contributed by atoms with van der Waals surface area (Å²) in [5.41, 5.74) is 5.43.